The van der Waals surface area contributed by atoms with Crippen LogP contribution in [0.25, 0.3) is 0 Å². The van der Waals surface area contributed by atoms with Gasteiger partial charge in [-0.3, -0.25) is 9.69 Å². The molecule has 65 heavy (non-hydrogen) atoms. The van der Waals surface area contributed by atoms with Gasteiger partial charge in [-0.1, -0.05) is 25.9 Å². The lowest BCUT2D eigenvalue weighted by Crippen LogP contribution is -2.60. The van der Waals surface area contributed by atoms with Crippen LogP contribution in [0.2, 0.25) is 0 Å². The molecule has 4 heterocycles. The number of aryl methyl sites for hydroxylation is 2. The smallest absolute Gasteiger partial charge is 0.319 e. The fraction of sp³-hybridized carbons (Fsp3) is 0.891. The van der Waals surface area contributed by atoms with Crippen molar-refractivity contribution in [2.75, 3.05) is 46.2 Å². The highest BCUT2D eigenvalue weighted by atomic mass is 16.7. The van der Waals surface area contributed by atoms with Crippen molar-refractivity contribution in [3.63, 3.8) is 0 Å². The van der Waals surface area contributed by atoms with Crippen LogP contribution in [0.4, 0.5) is 10.5 Å². The zero-order valence-electron chi connectivity index (χ0n) is 41.6. The van der Waals surface area contributed by atoms with Crippen molar-refractivity contribution in [1.82, 2.24) is 20.3 Å². The number of aromatic nitrogens is 1. The van der Waals surface area contributed by atoms with Gasteiger partial charge in [0.15, 0.2) is 18.3 Å². The van der Waals surface area contributed by atoms with Crippen molar-refractivity contribution in [2.24, 2.45) is 17.8 Å². The minimum absolute atomic E-state index is 0.0963. The molecule has 0 aromatic carbocycles. The number of hydrogen-bond acceptors (Lipinski definition) is 17. The van der Waals surface area contributed by atoms with Gasteiger partial charge >= 0.3 is 12.0 Å². The first-order valence-corrected chi connectivity index (χ1v) is 23.4. The van der Waals surface area contributed by atoms with Crippen LogP contribution >= 0.6 is 0 Å². The predicted octanol–water partition coefficient (Wildman–Crippen LogP) is 3.09. The number of aliphatic hydroxyl groups excluding tert-OH is 3. The molecule has 0 bridgehead atoms. The van der Waals surface area contributed by atoms with Crippen LogP contribution in [0.15, 0.2) is 4.52 Å². The Morgan fingerprint density at radius 2 is 1.65 bits per heavy atom. The van der Waals surface area contributed by atoms with Gasteiger partial charge in [0.1, 0.15) is 41.4 Å². The zero-order chi connectivity index (χ0) is 48.9. The number of hydrogen-bond donors (Lipinski definition) is 7. The number of methoxy groups -OCH3 is 1. The Balaban J connectivity index is 1.75. The number of aliphatic hydroxyl groups is 5. The van der Waals surface area contributed by atoms with Crippen LogP contribution in [-0.2, 0) is 33.2 Å². The highest BCUT2D eigenvalue weighted by molar-refractivity contribution is 5.90. The van der Waals surface area contributed by atoms with Crippen molar-refractivity contribution in [3.05, 3.63) is 11.5 Å². The average Bonchev–Trinajstić information content (AvgIpc) is 3.54. The normalized spacial score (nSPS) is 41.9. The van der Waals surface area contributed by atoms with E-state index in [1.807, 2.05) is 37.7 Å². The maximum absolute atomic E-state index is 14.5. The van der Waals surface area contributed by atoms with E-state index in [0.29, 0.717) is 43.1 Å². The van der Waals surface area contributed by atoms with E-state index in [-0.39, 0.29) is 43.9 Å². The Morgan fingerprint density at radius 1 is 0.985 bits per heavy atom. The number of esters is 1. The number of carbonyl (C=O) groups is 2. The SMILES string of the molecule is CC[C@H]1OC(=O)[C@H](C)[C@@H](O[C@H]2C[C@@](C)(OC)[C@@H](O)[C@H](C)O2)[C@H](C)[C@@H](O[C@@H]2O[C@H](C)C[C@H](N(C)C)[C@H]2O)[C@](C)(O)C[C@@H](C)CN(CCCNC(=O)Nc2c(C)noc2C)[C@H](C)[C@@H](O)[C@]1(C)O. The number of ether oxygens (including phenoxy) is 6. The topological polar surface area (TPSA) is 247 Å². The monoisotopic (exact) mass is 930 g/mol. The summed E-state index contributed by atoms with van der Waals surface area (Å²) in [5.74, 6) is -2.43. The molecule has 3 aliphatic heterocycles. The summed E-state index contributed by atoms with van der Waals surface area (Å²) < 4.78 is 43.1. The molecule has 1 aromatic heterocycles. The number of likely N-dealkylation sites (N-methyl/N-ethyl adjacent to an activating group) is 1. The molecular formula is C46H83N5O14. The zero-order valence-corrected chi connectivity index (χ0v) is 41.6. The lowest BCUT2D eigenvalue weighted by Gasteiger charge is -2.48. The maximum atomic E-state index is 14.5. The summed E-state index contributed by atoms with van der Waals surface area (Å²) in [6.07, 6.45) is -8.66. The number of cyclic esters (lactones) is 1. The number of carbonyl (C=O) groups excluding carboxylic acids is 2. The van der Waals surface area contributed by atoms with Gasteiger partial charge in [-0.25, -0.2) is 4.79 Å². The molecule has 3 saturated heterocycles. The number of nitrogens with one attached hydrogen (secondary N) is 2. The van der Waals surface area contributed by atoms with E-state index < -0.39 is 102 Å². The lowest BCUT2D eigenvalue weighted by atomic mass is 9.77. The molecule has 0 unspecified atom stereocenters. The fourth-order valence-corrected chi connectivity index (χ4v) is 10.2. The van der Waals surface area contributed by atoms with Crippen molar-refractivity contribution in [3.8, 4) is 0 Å². The van der Waals surface area contributed by atoms with Crippen LogP contribution in [0.3, 0.4) is 0 Å². The predicted molar refractivity (Wildman–Crippen MR) is 241 cm³/mol. The van der Waals surface area contributed by atoms with Gasteiger partial charge in [-0.2, -0.15) is 0 Å². The van der Waals surface area contributed by atoms with Crippen LogP contribution in [0, 0.1) is 31.6 Å². The Bertz CT molecular complexity index is 1660. The minimum atomic E-state index is -1.93. The van der Waals surface area contributed by atoms with Crippen molar-refractivity contribution in [1.29, 1.82) is 0 Å². The molecule has 376 valence electrons. The largest absolute Gasteiger partial charge is 0.459 e. The van der Waals surface area contributed by atoms with E-state index in [9.17, 15) is 35.1 Å². The summed E-state index contributed by atoms with van der Waals surface area (Å²) in [5, 5.41) is 69.3. The first-order valence-electron chi connectivity index (χ1n) is 23.4. The van der Waals surface area contributed by atoms with Gasteiger partial charge in [-0.15, -0.1) is 0 Å². The molecule has 0 aliphatic carbocycles. The van der Waals surface area contributed by atoms with E-state index in [4.69, 9.17) is 32.9 Å². The third-order valence-corrected chi connectivity index (χ3v) is 14.2. The number of anilines is 1. The number of amides is 2. The summed E-state index contributed by atoms with van der Waals surface area (Å²) >= 11 is 0. The van der Waals surface area contributed by atoms with E-state index in [1.165, 1.54) is 14.0 Å². The van der Waals surface area contributed by atoms with E-state index >= 15 is 0 Å². The molecule has 18 atom stereocenters. The quantitative estimate of drug-likeness (QED) is 0.118. The van der Waals surface area contributed by atoms with Gasteiger partial charge in [0.05, 0.1) is 41.5 Å². The van der Waals surface area contributed by atoms with E-state index in [1.54, 1.807) is 62.3 Å². The summed E-state index contributed by atoms with van der Waals surface area (Å²) in [7, 11) is 5.24. The van der Waals surface area contributed by atoms with Crippen molar-refractivity contribution in [2.45, 2.75) is 205 Å². The number of rotatable bonds is 12. The molecule has 3 fully saturated rings. The van der Waals surface area contributed by atoms with Gasteiger partial charge < -0.3 is 74.0 Å². The van der Waals surface area contributed by atoms with Crippen LogP contribution in [0.5, 0.6) is 0 Å². The van der Waals surface area contributed by atoms with Crippen LogP contribution in [-0.4, -0.2) is 184 Å². The second-order valence-corrected chi connectivity index (χ2v) is 20.2. The summed E-state index contributed by atoms with van der Waals surface area (Å²) in [5.41, 5.74) is -3.61. The molecule has 0 spiro atoms. The second kappa shape index (κ2) is 22.7. The van der Waals surface area contributed by atoms with Gasteiger partial charge in [0, 0.05) is 51.2 Å². The van der Waals surface area contributed by atoms with Crippen molar-refractivity contribution < 1.29 is 68.1 Å². The highest BCUT2D eigenvalue weighted by Gasteiger charge is 2.53. The first kappa shape index (κ1) is 55.1. The molecule has 2 amide bonds. The minimum Gasteiger partial charge on any atom is -0.459 e. The van der Waals surface area contributed by atoms with E-state index in [2.05, 4.69) is 15.8 Å². The van der Waals surface area contributed by atoms with E-state index in [0.717, 1.165) is 0 Å². The molecular weight excluding hydrogens is 847 g/mol. The molecule has 7 N–H and O–H groups in total. The Hall–Kier alpha value is -2.53. The highest BCUT2D eigenvalue weighted by Crippen LogP contribution is 2.40. The molecule has 19 heteroatoms. The average molecular weight is 930 g/mol. The van der Waals surface area contributed by atoms with Crippen LogP contribution in [0.1, 0.15) is 113 Å². The molecule has 3 aliphatic rings. The Kier molecular flexibility index (Phi) is 19.2. The summed E-state index contributed by atoms with van der Waals surface area (Å²) in [6, 6.07) is -1.45. The molecule has 19 nitrogen and oxygen atoms in total. The maximum Gasteiger partial charge on any atom is 0.319 e. The standard InChI is InChI=1S/C46H83N5O14/c1-16-33-46(12,58)38(53)29(7)51(19-17-18-47-43(56)48-35-28(6)49-65-30(35)8)23-24(2)21-44(10,57)40(64-42-36(52)32(50(13)14)20-25(3)60-42)26(4)37(27(5)41(55)62-33)63-34-22-45(11,59-15)39(54)31(9)61-34/h24-27,29,31-34,36-40,42,52-54,57-58H,16-23H2,1-15H3,(H2,47,48,56)/t24-,25-,26+,27-,29-,31+,32+,33-,34+,36-,37+,38-,39+,40-,42+,44-,45-,46-/m1/s1. The number of nitrogens with zero attached hydrogens (tertiary/aromatic N) is 3. The lowest BCUT2D eigenvalue weighted by molar-refractivity contribution is -0.318. The summed E-state index contributed by atoms with van der Waals surface area (Å²) in [6.45, 7) is 21.8. The van der Waals surface area contributed by atoms with Gasteiger partial charge in [-0.05, 0) is 108 Å². The first-order chi connectivity index (χ1) is 30.2. The third kappa shape index (κ3) is 13.2. The van der Waals surface area contributed by atoms with Gasteiger partial charge in [0.25, 0.3) is 0 Å². The molecule has 0 saturated carbocycles. The third-order valence-electron chi connectivity index (χ3n) is 14.2. The second-order valence-electron chi connectivity index (χ2n) is 20.2. The Labute approximate surface area is 386 Å². The molecule has 4 rings (SSSR count). The molecule has 1 aromatic rings. The van der Waals surface area contributed by atoms with Gasteiger partial charge in [0.2, 0.25) is 0 Å². The van der Waals surface area contributed by atoms with Crippen molar-refractivity contribution >= 4 is 17.7 Å². The molecule has 0 radical (unpaired) electrons. The number of urea groups is 1. The summed E-state index contributed by atoms with van der Waals surface area (Å²) in [4.78, 5) is 31.3. The fourth-order valence-electron chi connectivity index (χ4n) is 10.2. The Morgan fingerprint density at radius 3 is 2.23 bits per heavy atom. The van der Waals surface area contributed by atoms with Crippen LogP contribution < -0.4 is 10.6 Å².